The van der Waals surface area contributed by atoms with Gasteiger partial charge in [-0.15, -0.1) is 0 Å². The number of aryl methyl sites for hydroxylation is 1. The zero-order chi connectivity index (χ0) is 13.1. The monoisotopic (exact) mass is 312 g/mol. The average Bonchev–Trinajstić information content (AvgIpc) is 2.73. The summed E-state index contributed by atoms with van der Waals surface area (Å²) in [5.74, 6) is 5.24. The summed E-state index contributed by atoms with van der Waals surface area (Å²) in [6.07, 6.45) is 2.37. The number of halogens is 2. The standard InChI is InChI=1S/C12H14BrFN4/c1-18-6-5-8(17-18)7-11(16-15)12-9(13)3-2-4-10(12)14/h2-6,11,16H,7,15H2,1H3. The minimum atomic E-state index is -0.324. The Labute approximate surface area is 113 Å². The van der Waals surface area contributed by atoms with Crippen LogP contribution in [0.4, 0.5) is 4.39 Å². The van der Waals surface area contributed by atoms with E-state index >= 15 is 0 Å². The number of hydrogen-bond donors (Lipinski definition) is 2. The summed E-state index contributed by atoms with van der Waals surface area (Å²) in [6, 6.07) is 6.43. The van der Waals surface area contributed by atoms with E-state index in [-0.39, 0.29) is 11.9 Å². The number of aromatic nitrogens is 2. The van der Waals surface area contributed by atoms with Gasteiger partial charge in [-0.05, 0) is 18.2 Å². The Morgan fingerprint density at radius 3 is 2.83 bits per heavy atom. The number of nitrogens with two attached hydrogens (primary N) is 1. The molecule has 0 spiro atoms. The Morgan fingerprint density at radius 2 is 2.28 bits per heavy atom. The summed E-state index contributed by atoms with van der Waals surface area (Å²) < 4.78 is 16.2. The van der Waals surface area contributed by atoms with Crippen LogP contribution in [0.25, 0.3) is 0 Å². The molecule has 2 aromatic rings. The van der Waals surface area contributed by atoms with Gasteiger partial charge in [-0.1, -0.05) is 22.0 Å². The van der Waals surface area contributed by atoms with Gasteiger partial charge in [0.2, 0.25) is 0 Å². The van der Waals surface area contributed by atoms with Gasteiger partial charge in [0, 0.05) is 29.7 Å². The van der Waals surface area contributed by atoms with Crippen LogP contribution < -0.4 is 11.3 Å². The van der Waals surface area contributed by atoms with Crippen molar-refractivity contribution in [1.82, 2.24) is 15.2 Å². The summed E-state index contributed by atoms with van der Waals surface area (Å²) in [7, 11) is 1.84. The molecule has 96 valence electrons. The predicted molar refractivity (Wildman–Crippen MR) is 71.1 cm³/mol. The number of nitrogens with zero attached hydrogens (tertiary/aromatic N) is 2. The third-order valence-corrected chi connectivity index (χ3v) is 3.42. The molecule has 0 aliphatic rings. The third kappa shape index (κ3) is 2.77. The summed E-state index contributed by atoms with van der Waals surface area (Å²) in [6.45, 7) is 0. The first kappa shape index (κ1) is 13.2. The molecule has 1 aromatic heterocycles. The summed E-state index contributed by atoms with van der Waals surface area (Å²) >= 11 is 3.35. The Bertz CT molecular complexity index is 520. The van der Waals surface area contributed by atoms with Gasteiger partial charge in [0.15, 0.2) is 0 Å². The number of hydrazine groups is 1. The Kier molecular flexibility index (Phi) is 4.11. The molecule has 0 amide bonds. The Hall–Kier alpha value is -1.24. The minimum Gasteiger partial charge on any atom is -0.276 e. The zero-order valence-electron chi connectivity index (χ0n) is 9.90. The minimum absolute atomic E-state index is 0.289. The molecule has 0 fully saturated rings. The topological polar surface area (TPSA) is 55.9 Å². The molecule has 2 rings (SSSR count). The fraction of sp³-hybridized carbons (Fsp3) is 0.250. The van der Waals surface area contributed by atoms with Crippen molar-refractivity contribution >= 4 is 15.9 Å². The first-order valence-electron chi connectivity index (χ1n) is 5.50. The lowest BCUT2D eigenvalue weighted by Gasteiger charge is -2.17. The lowest BCUT2D eigenvalue weighted by Crippen LogP contribution is -2.30. The van der Waals surface area contributed by atoms with E-state index < -0.39 is 0 Å². The molecule has 18 heavy (non-hydrogen) atoms. The molecule has 3 N–H and O–H groups in total. The first-order valence-corrected chi connectivity index (χ1v) is 6.29. The highest BCUT2D eigenvalue weighted by Gasteiger charge is 2.18. The molecule has 0 saturated carbocycles. The molecule has 1 heterocycles. The highest BCUT2D eigenvalue weighted by Crippen LogP contribution is 2.27. The maximum absolute atomic E-state index is 13.8. The molecule has 0 saturated heterocycles. The van der Waals surface area contributed by atoms with Crippen molar-refractivity contribution in [2.45, 2.75) is 12.5 Å². The van der Waals surface area contributed by atoms with Crippen molar-refractivity contribution in [3.05, 3.63) is 52.0 Å². The molecule has 1 atom stereocenters. The van der Waals surface area contributed by atoms with Crippen molar-refractivity contribution in [3.63, 3.8) is 0 Å². The van der Waals surface area contributed by atoms with E-state index in [0.29, 0.717) is 16.5 Å². The van der Waals surface area contributed by atoms with Gasteiger partial charge in [0.1, 0.15) is 5.82 Å². The van der Waals surface area contributed by atoms with Gasteiger partial charge < -0.3 is 0 Å². The van der Waals surface area contributed by atoms with Crippen LogP contribution in [0.5, 0.6) is 0 Å². The molecular weight excluding hydrogens is 299 g/mol. The van der Waals surface area contributed by atoms with Crippen molar-refractivity contribution < 1.29 is 4.39 Å². The van der Waals surface area contributed by atoms with Crippen molar-refractivity contribution in [3.8, 4) is 0 Å². The maximum atomic E-state index is 13.8. The van der Waals surface area contributed by atoms with Crippen LogP contribution in [0.15, 0.2) is 34.9 Å². The van der Waals surface area contributed by atoms with Crippen molar-refractivity contribution in [1.29, 1.82) is 0 Å². The van der Waals surface area contributed by atoms with Crippen LogP contribution in [0.1, 0.15) is 17.3 Å². The summed E-state index contributed by atoms with van der Waals surface area (Å²) in [5, 5.41) is 4.27. The zero-order valence-corrected chi connectivity index (χ0v) is 11.5. The smallest absolute Gasteiger partial charge is 0.129 e. The van der Waals surface area contributed by atoms with Crippen LogP contribution in [0.3, 0.4) is 0 Å². The van der Waals surface area contributed by atoms with Crippen LogP contribution in [-0.4, -0.2) is 9.78 Å². The molecule has 4 nitrogen and oxygen atoms in total. The van der Waals surface area contributed by atoms with Crippen LogP contribution in [-0.2, 0) is 13.5 Å². The molecule has 6 heteroatoms. The summed E-state index contributed by atoms with van der Waals surface area (Å²) in [4.78, 5) is 0. The second-order valence-corrected chi connectivity index (χ2v) is 4.89. The lowest BCUT2D eigenvalue weighted by molar-refractivity contribution is 0.502. The highest BCUT2D eigenvalue weighted by atomic mass is 79.9. The first-order chi connectivity index (χ1) is 8.61. The van der Waals surface area contributed by atoms with Crippen LogP contribution >= 0.6 is 15.9 Å². The van der Waals surface area contributed by atoms with E-state index in [1.165, 1.54) is 6.07 Å². The third-order valence-electron chi connectivity index (χ3n) is 2.73. The molecular formula is C12H14BrFN4. The van der Waals surface area contributed by atoms with Gasteiger partial charge in [-0.2, -0.15) is 5.10 Å². The van der Waals surface area contributed by atoms with E-state index in [4.69, 9.17) is 5.84 Å². The normalized spacial score (nSPS) is 12.7. The van der Waals surface area contributed by atoms with Gasteiger partial charge in [0.25, 0.3) is 0 Å². The number of benzene rings is 1. The van der Waals surface area contributed by atoms with E-state index in [9.17, 15) is 4.39 Å². The lowest BCUT2D eigenvalue weighted by atomic mass is 10.0. The maximum Gasteiger partial charge on any atom is 0.129 e. The fourth-order valence-corrected chi connectivity index (χ4v) is 2.49. The molecule has 0 radical (unpaired) electrons. The number of hydrogen-bond acceptors (Lipinski definition) is 3. The number of nitrogens with one attached hydrogen (secondary N) is 1. The van der Waals surface area contributed by atoms with E-state index in [2.05, 4.69) is 26.5 Å². The molecule has 0 aliphatic heterocycles. The molecule has 1 unspecified atom stereocenters. The number of rotatable bonds is 4. The average molecular weight is 313 g/mol. The van der Waals surface area contributed by atoms with E-state index in [0.717, 1.165) is 5.69 Å². The quantitative estimate of drug-likeness (QED) is 0.671. The van der Waals surface area contributed by atoms with E-state index in [1.54, 1.807) is 16.8 Å². The second kappa shape index (κ2) is 5.60. The largest absolute Gasteiger partial charge is 0.276 e. The molecule has 0 aliphatic carbocycles. The highest BCUT2D eigenvalue weighted by molar-refractivity contribution is 9.10. The Balaban J connectivity index is 2.28. The molecule has 0 bridgehead atoms. The van der Waals surface area contributed by atoms with Crippen LogP contribution in [0, 0.1) is 5.82 Å². The van der Waals surface area contributed by atoms with E-state index in [1.807, 2.05) is 19.3 Å². The van der Waals surface area contributed by atoms with Gasteiger partial charge in [-0.25, -0.2) is 4.39 Å². The van der Waals surface area contributed by atoms with Gasteiger partial charge in [-0.3, -0.25) is 16.0 Å². The second-order valence-electron chi connectivity index (χ2n) is 4.04. The Morgan fingerprint density at radius 1 is 1.50 bits per heavy atom. The predicted octanol–water partition coefficient (Wildman–Crippen LogP) is 2.07. The van der Waals surface area contributed by atoms with Gasteiger partial charge in [0.05, 0.1) is 11.7 Å². The van der Waals surface area contributed by atoms with Crippen molar-refractivity contribution in [2.75, 3.05) is 0 Å². The van der Waals surface area contributed by atoms with Crippen LogP contribution in [0.2, 0.25) is 0 Å². The van der Waals surface area contributed by atoms with Crippen molar-refractivity contribution in [2.24, 2.45) is 12.9 Å². The summed E-state index contributed by atoms with van der Waals surface area (Å²) in [5.41, 5.74) is 4.01. The molecule has 1 aromatic carbocycles. The SMILES string of the molecule is Cn1ccc(CC(NN)c2c(F)cccc2Br)n1. The van der Waals surface area contributed by atoms with Gasteiger partial charge >= 0.3 is 0 Å². The fourth-order valence-electron chi connectivity index (χ4n) is 1.87.